The smallest absolute Gasteiger partial charge is 0.308 e. The van der Waals surface area contributed by atoms with Crippen molar-refractivity contribution >= 4 is 40.2 Å². The van der Waals surface area contributed by atoms with Gasteiger partial charge >= 0.3 is 5.97 Å². The van der Waals surface area contributed by atoms with Crippen molar-refractivity contribution in [3.8, 4) is 0 Å². The Kier molecular flexibility index (Phi) is 4.99. The Balaban J connectivity index is 1.88. The largest absolute Gasteiger partial charge is 0.481 e. The summed E-state index contributed by atoms with van der Waals surface area (Å²) in [6.45, 7) is 2.83. The first-order chi connectivity index (χ1) is 9.04. The highest BCUT2D eigenvalue weighted by atomic mass is 35.5. The van der Waals surface area contributed by atoms with Crippen LogP contribution in [0.5, 0.6) is 0 Å². The molecule has 0 aliphatic carbocycles. The Hall–Kier alpha value is -0.880. The number of hydrogen-bond acceptors (Lipinski definition) is 4. The van der Waals surface area contributed by atoms with Gasteiger partial charge in [0.1, 0.15) is 0 Å². The predicted molar refractivity (Wildman–Crippen MR) is 80.2 cm³/mol. The monoisotopic (exact) mass is 315 g/mol. The van der Waals surface area contributed by atoms with Crippen LogP contribution < -0.4 is 5.32 Å². The summed E-state index contributed by atoms with van der Waals surface area (Å²) in [5.74, 6) is -0.789. The van der Waals surface area contributed by atoms with Gasteiger partial charge in [0.15, 0.2) is 0 Å². The third-order valence-corrected chi connectivity index (χ3v) is 5.15. The number of aliphatic carboxylic acids is 1. The Bertz CT molecular complexity index is 564. The molecule has 0 amide bonds. The summed E-state index contributed by atoms with van der Waals surface area (Å²) in [7, 11) is 0. The van der Waals surface area contributed by atoms with Crippen molar-refractivity contribution in [3.05, 3.63) is 43.2 Å². The lowest BCUT2D eigenvalue weighted by molar-refractivity contribution is -0.136. The fraction of sp³-hybridized carbons (Fsp3) is 0.308. The first kappa shape index (κ1) is 14.5. The third kappa shape index (κ3) is 4.31. The lowest BCUT2D eigenvalue weighted by Crippen LogP contribution is -2.16. The average Bonchev–Trinajstić information content (AvgIpc) is 2.94. The van der Waals surface area contributed by atoms with Crippen LogP contribution in [0.1, 0.15) is 27.6 Å². The first-order valence-electron chi connectivity index (χ1n) is 5.82. The second kappa shape index (κ2) is 6.52. The zero-order valence-electron chi connectivity index (χ0n) is 10.4. The fourth-order valence-corrected chi connectivity index (χ4v) is 3.72. The summed E-state index contributed by atoms with van der Waals surface area (Å²) in [4.78, 5) is 13.8. The number of carbonyl (C=O) groups is 1. The standard InChI is InChI=1S/C13H14ClNO2S2/c1-8(11-4-5-12(14)19-11)15-7-10-3-2-9(18-10)6-13(16)17/h2-5,8,15H,6-7H2,1H3,(H,16,17). The minimum absolute atomic E-state index is 0.0980. The van der Waals surface area contributed by atoms with Gasteiger partial charge in [-0.1, -0.05) is 11.6 Å². The fourth-order valence-electron chi connectivity index (χ4n) is 1.68. The highest BCUT2D eigenvalue weighted by molar-refractivity contribution is 7.16. The molecular formula is C13H14ClNO2S2. The van der Waals surface area contributed by atoms with E-state index in [1.807, 2.05) is 24.3 Å². The normalized spacial score (nSPS) is 12.5. The summed E-state index contributed by atoms with van der Waals surface area (Å²) < 4.78 is 0.795. The predicted octanol–water partition coefficient (Wildman–Crippen LogP) is 3.94. The van der Waals surface area contributed by atoms with Gasteiger partial charge in [0.05, 0.1) is 10.8 Å². The molecule has 0 aliphatic heterocycles. The van der Waals surface area contributed by atoms with E-state index in [4.69, 9.17) is 16.7 Å². The molecule has 0 aliphatic rings. The minimum Gasteiger partial charge on any atom is -0.481 e. The minimum atomic E-state index is -0.789. The van der Waals surface area contributed by atoms with Crippen LogP contribution in [0.3, 0.4) is 0 Å². The second-order valence-corrected chi connectivity index (χ2v) is 7.18. The van der Waals surface area contributed by atoms with Gasteiger partial charge in [-0.2, -0.15) is 0 Å². The van der Waals surface area contributed by atoms with Gasteiger partial charge in [-0.25, -0.2) is 0 Å². The molecule has 0 saturated heterocycles. The summed E-state index contributed by atoms with van der Waals surface area (Å²) in [6.07, 6.45) is 0.0980. The number of hydrogen-bond donors (Lipinski definition) is 2. The highest BCUT2D eigenvalue weighted by Gasteiger charge is 2.09. The van der Waals surface area contributed by atoms with Crippen molar-refractivity contribution < 1.29 is 9.90 Å². The Morgan fingerprint density at radius 3 is 2.68 bits per heavy atom. The Morgan fingerprint density at radius 2 is 2.05 bits per heavy atom. The van der Waals surface area contributed by atoms with Crippen LogP contribution in [0.25, 0.3) is 0 Å². The van der Waals surface area contributed by atoms with E-state index in [2.05, 4.69) is 12.2 Å². The molecule has 0 aromatic carbocycles. The van der Waals surface area contributed by atoms with Crippen LogP contribution in [0.4, 0.5) is 0 Å². The van der Waals surface area contributed by atoms with E-state index in [-0.39, 0.29) is 12.5 Å². The van der Waals surface area contributed by atoms with Gasteiger partial charge in [-0.3, -0.25) is 4.79 Å². The summed E-state index contributed by atoms with van der Waals surface area (Å²) in [5, 5.41) is 12.1. The van der Waals surface area contributed by atoms with Crippen molar-refractivity contribution in [2.24, 2.45) is 0 Å². The Labute approximate surface area is 124 Å². The molecule has 6 heteroatoms. The molecule has 3 nitrogen and oxygen atoms in total. The molecule has 0 radical (unpaired) electrons. The van der Waals surface area contributed by atoms with E-state index in [0.29, 0.717) is 0 Å². The molecule has 2 N–H and O–H groups in total. The summed E-state index contributed by atoms with van der Waals surface area (Å²) >= 11 is 9.02. The van der Waals surface area contributed by atoms with Crippen LogP contribution in [0.2, 0.25) is 4.34 Å². The molecule has 0 saturated carbocycles. The van der Waals surface area contributed by atoms with Gasteiger partial charge < -0.3 is 10.4 Å². The van der Waals surface area contributed by atoms with Crippen LogP contribution in [0, 0.1) is 0 Å². The topological polar surface area (TPSA) is 49.3 Å². The molecule has 1 unspecified atom stereocenters. The van der Waals surface area contributed by atoms with E-state index in [1.54, 1.807) is 11.3 Å². The van der Waals surface area contributed by atoms with Crippen molar-refractivity contribution in [3.63, 3.8) is 0 Å². The number of carboxylic acids is 1. The van der Waals surface area contributed by atoms with Crippen molar-refractivity contribution in [2.75, 3.05) is 0 Å². The second-order valence-electron chi connectivity index (χ2n) is 4.18. The van der Waals surface area contributed by atoms with E-state index in [0.717, 1.165) is 20.6 Å². The van der Waals surface area contributed by atoms with Crippen LogP contribution in [-0.2, 0) is 17.8 Å². The molecule has 2 rings (SSSR count). The summed E-state index contributed by atoms with van der Waals surface area (Å²) in [5.41, 5.74) is 0. The third-order valence-electron chi connectivity index (χ3n) is 2.65. The first-order valence-corrected chi connectivity index (χ1v) is 7.83. The molecule has 1 atom stereocenters. The molecule has 0 bridgehead atoms. The number of rotatable bonds is 6. The molecule has 0 spiro atoms. The van der Waals surface area contributed by atoms with E-state index >= 15 is 0 Å². The molecule has 0 fully saturated rings. The van der Waals surface area contributed by atoms with Gasteiger partial charge in [-0.15, -0.1) is 22.7 Å². The maximum absolute atomic E-state index is 10.6. The quantitative estimate of drug-likeness (QED) is 0.849. The summed E-state index contributed by atoms with van der Waals surface area (Å²) in [6, 6.07) is 8.01. The highest BCUT2D eigenvalue weighted by Crippen LogP contribution is 2.27. The van der Waals surface area contributed by atoms with Crippen LogP contribution in [-0.4, -0.2) is 11.1 Å². The van der Waals surface area contributed by atoms with E-state index in [9.17, 15) is 4.79 Å². The zero-order valence-corrected chi connectivity index (χ0v) is 12.7. The number of halogens is 1. The Morgan fingerprint density at radius 1 is 1.32 bits per heavy atom. The number of nitrogens with one attached hydrogen (secondary N) is 1. The van der Waals surface area contributed by atoms with Crippen molar-refractivity contribution in [1.82, 2.24) is 5.32 Å². The van der Waals surface area contributed by atoms with Crippen molar-refractivity contribution in [2.45, 2.75) is 25.9 Å². The maximum atomic E-state index is 10.6. The SMILES string of the molecule is CC(NCc1ccc(CC(=O)O)s1)c1ccc(Cl)s1. The van der Waals surface area contributed by atoms with Crippen molar-refractivity contribution in [1.29, 1.82) is 0 Å². The number of thiophene rings is 2. The van der Waals surface area contributed by atoms with E-state index < -0.39 is 5.97 Å². The lowest BCUT2D eigenvalue weighted by Gasteiger charge is -2.10. The van der Waals surface area contributed by atoms with Gasteiger partial charge in [0.25, 0.3) is 0 Å². The van der Waals surface area contributed by atoms with E-state index in [1.165, 1.54) is 16.2 Å². The number of carboxylic acid groups (broad SMARTS) is 1. The molecule has 2 aromatic heterocycles. The van der Waals surface area contributed by atoms with Gasteiger partial charge in [-0.05, 0) is 31.2 Å². The van der Waals surface area contributed by atoms with Gasteiger partial charge in [0.2, 0.25) is 0 Å². The van der Waals surface area contributed by atoms with Crippen LogP contribution in [0.15, 0.2) is 24.3 Å². The maximum Gasteiger partial charge on any atom is 0.308 e. The molecule has 19 heavy (non-hydrogen) atoms. The average molecular weight is 316 g/mol. The molecule has 2 heterocycles. The molecule has 2 aromatic rings. The van der Waals surface area contributed by atoms with Crippen LogP contribution >= 0.6 is 34.3 Å². The molecule has 102 valence electrons. The molecular weight excluding hydrogens is 302 g/mol. The van der Waals surface area contributed by atoms with Gasteiger partial charge in [0, 0.05) is 27.2 Å². The lowest BCUT2D eigenvalue weighted by atomic mass is 10.2. The zero-order chi connectivity index (χ0) is 13.8.